The number of methoxy groups -OCH3 is 1. The van der Waals surface area contributed by atoms with Gasteiger partial charge in [-0.15, -0.1) is 0 Å². The van der Waals surface area contributed by atoms with E-state index in [0.29, 0.717) is 22.6 Å². The molecule has 174 valence electrons. The fourth-order valence-corrected chi connectivity index (χ4v) is 4.13. The van der Waals surface area contributed by atoms with Gasteiger partial charge in [-0.25, -0.2) is 4.79 Å². The Morgan fingerprint density at radius 3 is 2.63 bits per heavy atom. The number of allylic oxidation sites excluding steroid dienone is 1. The number of carbonyl (C=O) groups excluding carboxylic acids is 2. The lowest BCUT2D eigenvalue weighted by molar-refractivity contribution is -0.128. The van der Waals surface area contributed by atoms with E-state index in [1.54, 1.807) is 38.3 Å². The summed E-state index contributed by atoms with van der Waals surface area (Å²) in [6.07, 6.45) is 6.73. The highest BCUT2D eigenvalue weighted by molar-refractivity contribution is 6.15. The molecule has 0 bridgehead atoms. The van der Waals surface area contributed by atoms with Crippen molar-refractivity contribution in [2.24, 2.45) is 7.05 Å². The standard InChI is InChI=1S/C29H23NO5/c1-18-25(34-27(31)14-9-19-7-5-4-6-8-19)13-11-22-28(32)26(35-29(18)22)15-20-17-30(2)24-12-10-21(33-3)16-23(20)24/h4-17H,1-3H3. The molecule has 0 saturated heterocycles. The first-order chi connectivity index (χ1) is 16.9. The molecule has 4 aromatic rings. The lowest BCUT2D eigenvalue weighted by Crippen LogP contribution is -2.05. The quantitative estimate of drug-likeness (QED) is 0.214. The van der Waals surface area contributed by atoms with E-state index in [2.05, 4.69) is 0 Å². The number of hydrogen-bond acceptors (Lipinski definition) is 5. The molecular weight excluding hydrogens is 442 g/mol. The second-order valence-electron chi connectivity index (χ2n) is 8.25. The number of benzene rings is 3. The van der Waals surface area contributed by atoms with Gasteiger partial charge in [0.1, 0.15) is 17.2 Å². The number of aromatic nitrogens is 1. The molecule has 0 saturated carbocycles. The summed E-state index contributed by atoms with van der Waals surface area (Å²) in [5.74, 6) is 0.957. The summed E-state index contributed by atoms with van der Waals surface area (Å²) < 4.78 is 18.8. The Morgan fingerprint density at radius 2 is 1.86 bits per heavy atom. The van der Waals surface area contributed by atoms with Crippen LogP contribution in [0.15, 0.2) is 78.7 Å². The average Bonchev–Trinajstić information content (AvgIpc) is 3.36. The Balaban J connectivity index is 1.41. The summed E-state index contributed by atoms with van der Waals surface area (Å²) in [6.45, 7) is 1.77. The van der Waals surface area contributed by atoms with Crippen LogP contribution in [0.2, 0.25) is 0 Å². The molecule has 0 amide bonds. The van der Waals surface area contributed by atoms with Crippen molar-refractivity contribution in [1.82, 2.24) is 4.57 Å². The Labute approximate surface area is 202 Å². The Morgan fingerprint density at radius 1 is 1.06 bits per heavy atom. The number of ether oxygens (including phenoxy) is 3. The first-order valence-corrected chi connectivity index (χ1v) is 11.1. The molecule has 0 N–H and O–H groups in total. The van der Waals surface area contributed by atoms with Gasteiger partial charge in [0, 0.05) is 41.4 Å². The highest BCUT2D eigenvalue weighted by Crippen LogP contribution is 2.40. The van der Waals surface area contributed by atoms with Crippen molar-refractivity contribution in [1.29, 1.82) is 0 Å². The number of aryl methyl sites for hydroxylation is 1. The number of ketones is 1. The largest absolute Gasteiger partial charge is 0.497 e. The van der Waals surface area contributed by atoms with Crippen LogP contribution in [0.1, 0.15) is 27.0 Å². The monoisotopic (exact) mass is 465 g/mol. The van der Waals surface area contributed by atoms with Gasteiger partial charge < -0.3 is 18.8 Å². The highest BCUT2D eigenvalue weighted by Gasteiger charge is 2.30. The maximum Gasteiger partial charge on any atom is 0.336 e. The van der Waals surface area contributed by atoms with Crippen LogP contribution in [0.25, 0.3) is 23.1 Å². The molecule has 0 spiro atoms. The molecule has 35 heavy (non-hydrogen) atoms. The third kappa shape index (κ3) is 4.22. The first-order valence-electron chi connectivity index (χ1n) is 11.1. The van der Waals surface area contributed by atoms with Gasteiger partial charge in [-0.2, -0.15) is 0 Å². The van der Waals surface area contributed by atoms with Gasteiger partial charge in [-0.1, -0.05) is 30.3 Å². The summed E-state index contributed by atoms with van der Waals surface area (Å²) in [6, 6.07) is 18.5. The molecule has 5 rings (SSSR count). The van der Waals surface area contributed by atoms with Crippen molar-refractivity contribution in [3.63, 3.8) is 0 Å². The smallest absolute Gasteiger partial charge is 0.336 e. The molecular formula is C29H23NO5. The Hall–Kier alpha value is -4.58. The van der Waals surface area contributed by atoms with E-state index < -0.39 is 5.97 Å². The summed E-state index contributed by atoms with van der Waals surface area (Å²) in [5, 5.41) is 0.947. The van der Waals surface area contributed by atoms with Crippen molar-refractivity contribution in [3.8, 4) is 17.2 Å². The third-order valence-electron chi connectivity index (χ3n) is 5.97. The van der Waals surface area contributed by atoms with E-state index in [4.69, 9.17) is 14.2 Å². The Kier molecular flexibility index (Phi) is 5.71. The predicted octanol–water partition coefficient (Wildman–Crippen LogP) is 5.73. The zero-order chi connectivity index (χ0) is 24.5. The predicted molar refractivity (Wildman–Crippen MR) is 135 cm³/mol. The summed E-state index contributed by atoms with van der Waals surface area (Å²) >= 11 is 0. The van der Waals surface area contributed by atoms with E-state index in [-0.39, 0.29) is 11.5 Å². The number of fused-ring (bicyclic) bond motifs is 2. The number of nitrogens with zero attached hydrogens (tertiary/aromatic N) is 1. The van der Waals surface area contributed by atoms with E-state index in [0.717, 1.165) is 27.8 Å². The minimum absolute atomic E-state index is 0.214. The van der Waals surface area contributed by atoms with E-state index in [1.165, 1.54) is 6.08 Å². The second kappa shape index (κ2) is 8.99. The van der Waals surface area contributed by atoms with Crippen LogP contribution in [-0.4, -0.2) is 23.4 Å². The summed E-state index contributed by atoms with van der Waals surface area (Å²) in [5.41, 5.74) is 3.76. The number of hydrogen-bond donors (Lipinski definition) is 0. The van der Waals surface area contributed by atoms with Crippen LogP contribution in [0.4, 0.5) is 0 Å². The van der Waals surface area contributed by atoms with E-state index >= 15 is 0 Å². The van der Waals surface area contributed by atoms with Gasteiger partial charge in [-0.05, 0) is 55.0 Å². The minimum Gasteiger partial charge on any atom is -0.497 e. The average molecular weight is 466 g/mol. The maximum atomic E-state index is 13.1. The SMILES string of the molecule is COc1ccc2c(c1)c(C=C1Oc3c(ccc(OC(=O)C=Cc4ccccc4)c3C)C1=O)cn2C. The van der Waals surface area contributed by atoms with Crippen LogP contribution < -0.4 is 14.2 Å². The molecule has 1 aliphatic rings. The van der Waals surface area contributed by atoms with Crippen molar-refractivity contribution < 1.29 is 23.8 Å². The van der Waals surface area contributed by atoms with Gasteiger partial charge in [0.2, 0.25) is 5.78 Å². The summed E-state index contributed by atoms with van der Waals surface area (Å²) in [7, 11) is 3.56. The van der Waals surface area contributed by atoms with E-state index in [1.807, 2.05) is 66.3 Å². The van der Waals surface area contributed by atoms with Crippen LogP contribution >= 0.6 is 0 Å². The second-order valence-corrected chi connectivity index (χ2v) is 8.25. The fourth-order valence-electron chi connectivity index (χ4n) is 4.13. The molecule has 2 heterocycles. The zero-order valence-electron chi connectivity index (χ0n) is 19.6. The molecule has 0 radical (unpaired) electrons. The lowest BCUT2D eigenvalue weighted by atomic mass is 10.1. The van der Waals surface area contributed by atoms with Gasteiger partial charge in [0.05, 0.1) is 12.7 Å². The number of esters is 1. The molecule has 6 heteroatoms. The number of Topliss-reactive ketones (excluding diaryl/α,β-unsaturated/α-hetero) is 1. The third-order valence-corrected chi connectivity index (χ3v) is 5.97. The molecule has 0 fully saturated rings. The van der Waals surface area contributed by atoms with Gasteiger partial charge in [0.15, 0.2) is 5.76 Å². The Bertz CT molecular complexity index is 1530. The van der Waals surface area contributed by atoms with Crippen molar-refractivity contribution in [2.75, 3.05) is 7.11 Å². The molecule has 1 aliphatic heterocycles. The highest BCUT2D eigenvalue weighted by atomic mass is 16.5. The van der Waals surface area contributed by atoms with Gasteiger partial charge in [0.25, 0.3) is 0 Å². The zero-order valence-corrected chi connectivity index (χ0v) is 19.6. The first kappa shape index (κ1) is 22.2. The minimum atomic E-state index is -0.512. The van der Waals surface area contributed by atoms with Crippen LogP contribution in [0.5, 0.6) is 17.2 Å². The van der Waals surface area contributed by atoms with Crippen LogP contribution in [0, 0.1) is 6.92 Å². The molecule has 0 aliphatic carbocycles. The van der Waals surface area contributed by atoms with Crippen molar-refractivity contribution in [3.05, 3.63) is 101 Å². The van der Waals surface area contributed by atoms with Crippen molar-refractivity contribution >= 4 is 34.8 Å². The van der Waals surface area contributed by atoms with E-state index in [9.17, 15) is 9.59 Å². The number of carbonyl (C=O) groups is 2. The summed E-state index contributed by atoms with van der Waals surface area (Å²) in [4.78, 5) is 25.4. The molecule has 0 atom stereocenters. The lowest BCUT2D eigenvalue weighted by Gasteiger charge is -2.08. The van der Waals surface area contributed by atoms with Gasteiger partial charge in [-0.3, -0.25) is 4.79 Å². The van der Waals surface area contributed by atoms with Crippen molar-refractivity contribution in [2.45, 2.75) is 6.92 Å². The topological polar surface area (TPSA) is 66.8 Å². The van der Waals surface area contributed by atoms with Crippen LogP contribution in [0.3, 0.4) is 0 Å². The maximum absolute atomic E-state index is 13.1. The molecule has 6 nitrogen and oxygen atoms in total. The molecule has 0 unspecified atom stereocenters. The molecule has 3 aromatic carbocycles. The van der Waals surface area contributed by atoms with Gasteiger partial charge >= 0.3 is 5.97 Å². The van der Waals surface area contributed by atoms with Crippen LogP contribution in [-0.2, 0) is 11.8 Å². The fraction of sp³-hybridized carbons (Fsp3) is 0.103. The number of rotatable bonds is 5. The molecule has 1 aromatic heterocycles. The normalized spacial score (nSPS) is 13.9.